The van der Waals surface area contributed by atoms with Gasteiger partial charge in [0.2, 0.25) is 0 Å². The number of aryl methyl sites for hydroxylation is 1. The van der Waals surface area contributed by atoms with E-state index < -0.39 is 0 Å². The molecule has 1 aromatic rings. The number of rotatable bonds is 3. The zero-order chi connectivity index (χ0) is 13.2. The van der Waals surface area contributed by atoms with Crippen LogP contribution in [0.1, 0.15) is 50.8 Å². The molecule has 100 valence electrons. The van der Waals surface area contributed by atoms with Crippen molar-refractivity contribution in [3.8, 4) is 5.75 Å². The molecule has 18 heavy (non-hydrogen) atoms. The molecule has 1 aromatic carbocycles. The van der Waals surface area contributed by atoms with E-state index in [0.717, 1.165) is 31.6 Å². The van der Waals surface area contributed by atoms with Crippen molar-refractivity contribution < 1.29 is 4.74 Å². The Bertz CT molecular complexity index is 406. The molecule has 0 fully saturated rings. The Morgan fingerprint density at radius 1 is 1.33 bits per heavy atom. The lowest BCUT2D eigenvalue weighted by Gasteiger charge is -2.27. The molecule has 0 aromatic heterocycles. The highest BCUT2D eigenvalue weighted by molar-refractivity contribution is 5.39. The summed E-state index contributed by atoms with van der Waals surface area (Å²) in [4.78, 5) is 0. The van der Waals surface area contributed by atoms with Crippen LogP contribution in [0.5, 0.6) is 5.75 Å². The van der Waals surface area contributed by atoms with Crippen LogP contribution in [-0.4, -0.2) is 13.7 Å². The molecule has 0 radical (unpaired) electrons. The van der Waals surface area contributed by atoms with E-state index in [9.17, 15) is 0 Å². The number of hydrogen-bond acceptors (Lipinski definition) is 2. The summed E-state index contributed by atoms with van der Waals surface area (Å²) in [5, 5.41) is 3.44. The topological polar surface area (TPSA) is 21.3 Å². The molecule has 1 aliphatic heterocycles. The normalized spacial score (nSPS) is 16.9. The fourth-order valence-corrected chi connectivity index (χ4v) is 2.60. The van der Waals surface area contributed by atoms with E-state index in [1.54, 1.807) is 0 Å². The molecule has 1 unspecified atom stereocenters. The lowest BCUT2D eigenvalue weighted by atomic mass is 9.85. The molecule has 1 N–H and O–H groups in total. The molecule has 1 heterocycles. The fourth-order valence-electron chi connectivity index (χ4n) is 2.60. The summed E-state index contributed by atoms with van der Waals surface area (Å²) < 4.78 is 5.67. The average molecular weight is 247 g/mol. The molecule has 2 rings (SSSR count). The van der Waals surface area contributed by atoms with Crippen LogP contribution in [0, 0.1) is 5.41 Å². The summed E-state index contributed by atoms with van der Waals surface area (Å²) in [6.45, 7) is 7.74. The Morgan fingerprint density at radius 3 is 2.78 bits per heavy atom. The van der Waals surface area contributed by atoms with Crippen LogP contribution in [0.4, 0.5) is 0 Å². The van der Waals surface area contributed by atoms with Crippen molar-refractivity contribution >= 4 is 0 Å². The zero-order valence-electron chi connectivity index (χ0n) is 12.0. The molecule has 0 saturated carbocycles. The Kier molecular flexibility index (Phi) is 3.96. The highest BCUT2D eigenvalue weighted by Crippen LogP contribution is 2.32. The van der Waals surface area contributed by atoms with Gasteiger partial charge in [-0.1, -0.05) is 32.9 Å². The van der Waals surface area contributed by atoms with Crippen molar-refractivity contribution in [3.63, 3.8) is 0 Å². The van der Waals surface area contributed by atoms with Gasteiger partial charge in [-0.25, -0.2) is 0 Å². The maximum atomic E-state index is 5.67. The van der Waals surface area contributed by atoms with E-state index in [4.69, 9.17) is 4.74 Å². The van der Waals surface area contributed by atoms with Gasteiger partial charge in [-0.3, -0.25) is 0 Å². The van der Waals surface area contributed by atoms with E-state index in [-0.39, 0.29) is 0 Å². The second kappa shape index (κ2) is 5.31. The van der Waals surface area contributed by atoms with Gasteiger partial charge in [0.05, 0.1) is 6.61 Å². The van der Waals surface area contributed by atoms with Crippen LogP contribution in [0.2, 0.25) is 0 Å². The van der Waals surface area contributed by atoms with Crippen LogP contribution >= 0.6 is 0 Å². The van der Waals surface area contributed by atoms with Gasteiger partial charge in [0.25, 0.3) is 0 Å². The molecular formula is C16H25NO. The monoisotopic (exact) mass is 247 g/mol. The van der Waals surface area contributed by atoms with Crippen LogP contribution in [0.25, 0.3) is 0 Å². The number of ether oxygens (including phenoxy) is 1. The van der Waals surface area contributed by atoms with Gasteiger partial charge in [-0.05, 0) is 48.9 Å². The first-order valence-corrected chi connectivity index (χ1v) is 6.92. The van der Waals surface area contributed by atoms with Gasteiger partial charge in [0.15, 0.2) is 0 Å². The van der Waals surface area contributed by atoms with E-state index in [2.05, 4.69) is 44.3 Å². The summed E-state index contributed by atoms with van der Waals surface area (Å²) in [5.74, 6) is 1.08. The van der Waals surface area contributed by atoms with Crippen molar-refractivity contribution in [2.24, 2.45) is 5.41 Å². The minimum Gasteiger partial charge on any atom is -0.493 e. The smallest absolute Gasteiger partial charge is 0.122 e. The molecule has 0 amide bonds. The molecule has 0 bridgehead atoms. The first-order valence-electron chi connectivity index (χ1n) is 6.92. The lowest BCUT2D eigenvalue weighted by Crippen LogP contribution is -2.23. The van der Waals surface area contributed by atoms with Crippen molar-refractivity contribution in [1.82, 2.24) is 5.32 Å². The molecule has 2 nitrogen and oxygen atoms in total. The predicted molar refractivity (Wildman–Crippen MR) is 76.1 cm³/mol. The Labute approximate surface area is 111 Å². The van der Waals surface area contributed by atoms with Crippen LogP contribution in [0.15, 0.2) is 18.2 Å². The first kappa shape index (κ1) is 13.4. The minimum absolute atomic E-state index is 0.333. The Morgan fingerprint density at radius 2 is 2.11 bits per heavy atom. The summed E-state index contributed by atoms with van der Waals surface area (Å²) >= 11 is 0. The SMILES string of the molecule is CNC(CC(C)(C)C)c1ccc2c(c1)CCCO2. The summed E-state index contributed by atoms with van der Waals surface area (Å²) in [6.07, 6.45) is 3.43. The minimum atomic E-state index is 0.333. The van der Waals surface area contributed by atoms with E-state index in [0.29, 0.717) is 11.5 Å². The van der Waals surface area contributed by atoms with Crippen LogP contribution < -0.4 is 10.1 Å². The molecular weight excluding hydrogens is 222 g/mol. The van der Waals surface area contributed by atoms with Gasteiger partial charge in [-0.2, -0.15) is 0 Å². The van der Waals surface area contributed by atoms with Crippen molar-refractivity contribution in [1.29, 1.82) is 0 Å². The fraction of sp³-hybridized carbons (Fsp3) is 0.625. The second-order valence-electron chi connectivity index (χ2n) is 6.43. The summed E-state index contributed by atoms with van der Waals surface area (Å²) in [6, 6.07) is 7.09. The number of hydrogen-bond donors (Lipinski definition) is 1. The second-order valence-corrected chi connectivity index (χ2v) is 6.43. The maximum absolute atomic E-state index is 5.67. The molecule has 1 aliphatic rings. The lowest BCUT2D eigenvalue weighted by molar-refractivity contribution is 0.287. The Balaban J connectivity index is 2.21. The van der Waals surface area contributed by atoms with Gasteiger partial charge in [-0.15, -0.1) is 0 Å². The Hall–Kier alpha value is -1.02. The largest absolute Gasteiger partial charge is 0.493 e. The third-order valence-electron chi connectivity index (χ3n) is 3.50. The number of benzene rings is 1. The highest BCUT2D eigenvalue weighted by atomic mass is 16.5. The molecule has 1 atom stereocenters. The van der Waals surface area contributed by atoms with Gasteiger partial charge in [0.1, 0.15) is 5.75 Å². The zero-order valence-corrected chi connectivity index (χ0v) is 12.0. The molecule has 2 heteroatoms. The van der Waals surface area contributed by atoms with Crippen LogP contribution in [0.3, 0.4) is 0 Å². The van der Waals surface area contributed by atoms with E-state index in [1.807, 2.05) is 7.05 Å². The molecule has 0 saturated heterocycles. The van der Waals surface area contributed by atoms with Crippen molar-refractivity contribution in [3.05, 3.63) is 29.3 Å². The van der Waals surface area contributed by atoms with Crippen molar-refractivity contribution in [2.45, 2.75) is 46.1 Å². The number of fused-ring (bicyclic) bond motifs is 1. The molecule has 0 spiro atoms. The van der Waals surface area contributed by atoms with E-state index >= 15 is 0 Å². The molecule has 0 aliphatic carbocycles. The van der Waals surface area contributed by atoms with Gasteiger partial charge in [0, 0.05) is 6.04 Å². The predicted octanol–water partition coefficient (Wildman–Crippen LogP) is 3.71. The third kappa shape index (κ3) is 3.26. The third-order valence-corrected chi connectivity index (χ3v) is 3.50. The van der Waals surface area contributed by atoms with Crippen LogP contribution in [-0.2, 0) is 6.42 Å². The maximum Gasteiger partial charge on any atom is 0.122 e. The van der Waals surface area contributed by atoms with Crippen molar-refractivity contribution in [2.75, 3.05) is 13.7 Å². The standard InChI is InChI=1S/C16H25NO/c1-16(2,3)11-14(17-4)12-7-8-15-13(10-12)6-5-9-18-15/h7-8,10,14,17H,5-6,9,11H2,1-4H3. The quantitative estimate of drug-likeness (QED) is 0.879. The summed E-state index contributed by atoms with van der Waals surface area (Å²) in [5.41, 5.74) is 3.09. The van der Waals surface area contributed by atoms with E-state index in [1.165, 1.54) is 11.1 Å². The first-order chi connectivity index (χ1) is 8.49. The number of nitrogens with one attached hydrogen (secondary N) is 1. The average Bonchev–Trinajstić information content (AvgIpc) is 2.34. The highest BCUT2D eigenvalue weighted by Gasteiger charge is 2.20. The van der Waals surface area contributed by atoms with Gasteiger partial charge >= 0.3 is 0 Å². The summed E-state index contributed by atoms with van der Waals surface area (Å²) in [7, 11) is 2.05. The van der Waals surface area contributed by atoms with Gasteiger partial charge < -0.3 is 10.1 Å².